The lowest BCUT2D eigenvalue weighted by Crippen LogP contribution is -2.37. The summed E-state index contributed by atoms with van der Waals surface area (Å²) < 4.78 is 5.44. The van der Waals surface area contributed by atoms with Crippen molar-refractivity contribution in [2.45, 2.75) is 52.6 Å². The highest BCUT2D eigenvalue weighted by Crippen LogP contribution is 2.34. The summed E-state index contributed by atoms with van der Waals surface area (Å²) in [4.78, 5) is 7.34. The Bertz CT molecular complexity index is 963. The van der Waals surface area contributed by atoms with E-state index in [0.29, 0.717) is 17.1 Å². The molecule has 3 rings (SSSR count). The molecule has 1 aromatic heterocycles. The minimum absolute atomic E-state index is 0.577. The fourth-order valence-corrected chi connectivity index (χ4v) is 4.13. The molecule has 0 fully saturated rings. The van der Waals surface area contributed by atoms with E-state index in [-0.39, 0.29) is 0 Å². The van der Waals surface area contributed by atoms with Crippen LogP contribution in [0.15, 0.2) is 36.4 Å². The highest BCUT2D eigenvalue weighted by molar-refractivity contribution is 6.31. The number of ether oxygens (including phenoxy) is 1. The van der Waals surface area contributed by atoms with Gasteiger partial charge in [0, 0.05) is 34.4 Å². The van der Waals surface area contributed by atoms with Crippen LogP contribution in [0.1, 0.15) is 40.5 Å². The SMILES string of the molecule is COc1ccc2nc3cc(Cl)ccc3c(NCCCCN(C(C)C)C(C)C)c2c1. The smallest absolute Gasteiger partial charge is 0.119 e. The lowest BCUT2D eigenvalue weighted by Gasteiger charge is -2.30. The van der Waals surface area contributed by atoms with Gasteiger partial charge >= 0.3 is 0 Å². The zero-order valence-electron chi connectivity index (χ0n) is 18.1. The molecule has 0 unspecified atom stereocenters. The molecule has 4 nitrogen and oxygen atoms in total. The molecule has 2 aromatic carbocycles. The van der Waals surface area contributed by atoms with Crippen LogP contribution in [0.25, 0.3) is 21.8 Å². The summed E-state index contributed by atoms with van der Waals surface area (Å²) in [7, 11) is 1.69. The van der Waals surface area contributed by atoms with Gasteiger partial charge in [0.25, 0.3) is 0 Å². The van der Waals surface area contributed by atoms with Crippen LogP contribution in [-0.2, 0) is 0 Å². The van der Waals surface area contributed by atoms with Gasteiger partial charge in [-0.3, -0.25) is 4.90 Å². The zero-order chi connectivity index (χ0) is 21.0. The fraction of sp³-hybridized carbons (Fsp3) is 0.458. The van der Waals surface area contributed by atoms with Gasteiger partial charge < -0.3 is 10.1 Å². The maximum Gasteiger partial charge on any atom is 0.119 e. The number of hydrogen-bond donors (Lipinski definition) is 1. The van der Waals surface area contributed by atoms with Gasteiger partial charge in [-0.15, -0.1) is 0 Å². The molecule has 3 aromatic rings. The Balaban J connectivity index is 1.81. The first-order valence-electron chi connectivity index (χ1n) is 10.5. The third kappa shape index (κ3) is 5.12. The third-order valence-electron chi connectivity index (χ3n) is 5.41. The van der Waals surface area contributed by atoms with Crippen LogP contribution in [0.2, 0.25) is 5.02 Å². The highest BCUT2D eigenvalue weighted by atomic mass is 35.5. The van der Waals surface area contributed by atoms with Gasteiger partial charge in [0.1, 0.15) is 5.75 Å². The van der Waals surface area contributed by atoms with E-state index >= 15 is 0 Å². The van der Waals surface area contributed by atoms with Gasteiger partial charge in [0.15, 0.2) is 0 Å². The van der Waals surface area contributed by atoms with Crippen molar-refractivity contribution in [2.24, 2.45) is 0 Å². The largest absolute Gasteiger partial charge is 0.497 e. The number of fused-ring (bicyclic) bond motifs is 2. The molecular weight excluding hydrogens is 382 g/mol. The Morgan fingerprint density at radius 2 is 1.72 bits per heavy atom. The Kier molecular flexibility index (Phi) is 7.20. The maximum atomic E-state index is 6.21. The minimum atomic E-state index is 0.577. The van der Waals surface area contributed by atoms with Crippen molar-refractivity contribution >= 4 is 39.1 Å². The van der Waals surface area contributed by atoms with Crippen molar-refractivity contribution in [1.29, 1.82) is 0 Å². The van der Waals surface area contributed by atoms with Crippen LogP contribution < -0.4 is 10.1 Å². The normalized spacial score (nSPS) is 11.9. The van der Waals surface area contributed by atoms with Gasteiger partial charge in [-0.05, 0) is 83.5 Å². The van der Waals surface area contributed by atoms with Gasteiger partial charge in [0.05, 0.1) is 23.8 Å². The Morgan fingerprint density at radius 1 is 0.966 bits per heavy atom. The monoisotopic (exact) mass is 413 g/mol. The van der Waals surface area contributed by atoms with E-state index in [1.165, 1.54) is 6.42 Å². The second-order valence-electron chi connectivity index (χ2n) is 8.09. The van der Waals surface area contributed by atoms with E-state index in [9.17, 15) is 0 Å². The lowest BCUT2D eigenvalue weighted by molar-refractivity contribution is 0.172. The number of benzene rings is 2. The van der Waals surface area contributed by atoms with E-state index in [1.54, 1.807) is 7.11 Å². The number of nitrogens with zero attached hydrogens (tertiary/aromatic N) is 2. The van der Waals surface area contributed by atoms with Crippen molar-refractivity contribution in [2.75, 3.05) is 25.5 Å². The maximum absolute atomic E-state index is 6.21. The molecular formula is C24H32ClN3O. The van der Waals surface area contributed by atoms with Crippen LogP contribution in [0.3, 0.4) is 0 Å². The topological polar surface area (TPSA) is 37.4 Å². The van der Waals surface area contributed by atoms with Crippen molar-refractivity contribution in [3.63, 3.8) is 0 Å². The summed E-state index contributed by atoms with van der Waals surface area (Å²) in [5, 5.41) is 6.54. The van der Waals surface area contributed by atoms with Gasteiger partial charge in [-0.25, -0.2) is 4.98 Å². The van der Waals surface area contributed by atoms with Crippen molar-refractivity contribution in [1.82, 2.24) is 9.88 Å². The van der Waals surface area contributed by atoms with Crippen molar-refractivity contribution < 1.29 is 4.74 Å². The molecule has 5 heteroatoms. The standard InChI is InChI=1S/C24H32ClN3O/c1-16(2)28(17(3)4)13-7-6-12-26-24-20-10-8-18(25)14-23(20)27-22-11-9-19(29-5)15-21(22)24/h8-11,14-17H,6-7,12-13H2,1-5H3,(H,26,27). The van der Waals surface area contributed by atoms with Crippen LogP contribution in [0.5, 0.6) is 5.75 Å². The summed E-state index contributed by atoms with van der Waals surface area (Å²) in [6, 6.07) is 13.1. The first kappa shape index (κ1) is 21.7. The Morgan fingerprint density at radius 3 is 2.41 bits per heavy atom. The molecule has 0 bridgehead atoms. The number of aromatic nitrogens is 1. The molecule has 0 spiro atoms. The average molecular weight is 414 g/mol. The Labute approximate surface area is 179 Å². The van der Waals surface area contributed by atoms with Gasteiger partial charge in [-0.1, -0.05) is 11.6 Å². The molecule has 0 aliphatic carbocycles. The second-order valence-corrected chi connectivity index (χ2v) is 8.53. The number of methoxy groups -OCH3 is 1. The molecule has 29 heavy (non-hydrogen) atoms. The molecule has 1 heterocycles. The second kappa shape index (κ2) is 9.64. The van der Waals surface area contributed by atoms with E-state index in [2.05, 4.69) is 44.0 Å². The molecule has 0 aliphatic rings. The zero-order valence-corrected chi connectivity index (χ0v) is 18.9. The molecule has 0 aliphatic heterocycles. The molecule has 0 saturated heterocycles. The number of rotatable bonds is 9. The molecule has 0 atom stereocenters. The summed E-state index contributed by atoms with van der Waals surface area (Å²) in [6.07, 6.45) is 2.28. The number of pyridine rings is 1. The summed E-state index contributed by atoms with van der Waals surface area (Å²) in [5.41, 5.74) is 2.95. The molecule has 0 saturated carbocycles. The predicted octanol–water partition coefficient (Wildman–Crippen LogP) is 6.36. The fourth-order valence-electron chi connectivity index (χ4n) is 3.96. The van der Waals surface area contributed by atoms with Crippen molar-refractivity contribution in [3.05, 3.63) is 41.4 Å². The van der Waals surface area contributed by atoms with E-state index < -0.39 is 0 Å². The Hall–Kier alpha value is -2.04. The molecule has 156 valence electrons. The van der Waals surface area contributed by atoms with E-state index in [1.807, 2.05) is 30.3 Å². The van der Waals surface area contributed by atoms with E-state index in [0.717, 1.165) is 52.8 Å². The van der Waals surface area contributed by atoms with Crippen LogP contribution in [-0.4, -0.2) is 42.2 Å². The molecule has 0 amide bonds. The highest BCUT2D eigenvalue weighted by Gasteiger charge is 2.13. The number of unbranched alkanes of at least 4 members (excludes halogenated alkanes) is 1. The van der Waals surface area contributed by atoms with Crippen LogP contribution >= 0.6 is 11.6 Å². The first-order valence-corrected chi connectivity index (χ1v) is 10.8. The minimum Gasteiger partial charge on any atom is -0.497 e. The molecule has 0 radical (unpaired) electrons. The summed E-state index contributed by atoms with van der Waals surface area (Å²) >= 11 is 6.21. The number of hydrogen-bond acceptors (Lipinski definition) is 4. The lowest BCUT2D eigenvalue weighted by atomic mass is 10.1. The van der Waals surface area contributed by atoms with E-state index in [4.69, 9.17) is 21.3 Å². The average Bonchev–Trinajstić information content (AvgIpc) is 2.68. The number of halogens is 1. The summed E-state index contributed by atoms with van der Waals surface area (Å²) in [6.45, 7) is 11.1. The van der Waals surface area contributed by atoms with Gasteiger partial charge in [0.2, 0.25) is 0 Å². The summed E-state index contributed by atoms with van der Waals surface area (Å²) in [5.74, 6) is 0.833. The number of anilines is 1. The first-order chi connectivity index (χ1) is 13.9. The van der Waals surface area contributed by atoms with Crippen LogP contribution in [0, 0.1) is 0 Å². The molecule has 1 N–H and O–H groups in total. The predicted molar refractivity (Wildman–Crippen MR) is 126 cm³/mol. The van der Waals surface area contributed by atoms with Gasteiger partial charge in [-0.2, -0.15) is 0 Å². The van der Waals surface area contributed by atoms with Crippen LogP contribution in [0.4, 0.5) is 5.69 Å². The number of nitrogens with one attached hydrogen (secondary N) is 1. The van der Waals surface area contributed by atoms with Crippen molar-refractivity contribution in [3.8, 4) is 5.75 Å². The third-order valence-corrected chi connectivity index (χ3v) is 5.65. The quantitative estimate of drug-likeness (QED) is 0.327.